The van der Waals surface area contributed by atoms with Crippen molar-refractivity contribution in [2.24, 2.45) is 0 Å². The van der Waals surface area contributed by atoms with Crippen molar-refractivity contribution in [3.8, 4) is 0 Å². The summed E-state index contributed by atoms with van der Waals surface area (Å²) in [4.78, 5) is 8.30. The summed E-state index contributed by atoms with van der Waals surface area (Å²) >= 11 is 3.43. The zero-order valence-corrected chi connectivity index (χ0v) is 12.2. The summed E-state index contributed by atoms with van der Waals surface area (Å²) in [5.41, 5.74) is 6.64. The summed E-state index contributed by atoms with van der Waals surface area (Å²) < 4.78 is 1.00. The number of hydrogen-bond donors (Lipinski definition) is 3. The van der Waals surface area contributed by atoms with E-state index in [1.54, 1.807) is 0 Å². The number of benzene rings is 1. The highest BCUT2D eigenvalue weighted by Crippen LogP contribution is 2.21. The van der Waals surface area contributed by atoms with Gasteiger partial charge in [-0.15, -0.1) is 0 Å². The summed E-state index contributed by atoms with van der Waals surface area (Å²) in [7, 11) is 0. The van der Waals surface area contributed by atoms with Gasteiger partial charge >= 0.3 is 0 Å². The van der Waals surface area contributed by atoms with E-state index in [2.05, 4.69) is 43.5 Å². The second-order valence-corrected chi connectivity index (χ2v) is 4.97. The SMILES string of the molecule is CCCNc1cc(Nc2cccc(Br)c2)nc(N)n1. The van der Waals surface area contributed by atoms with E-state index < -0.39 is 0 Å². The summed E-state index contributed by atoms with van der Waals surface area (Å²) in [5, 5.41) is 6.39. The van der Waals surface area contributed by atoms with Gasteiger partial charge in [0.2, 0.25) is 5.95 Å². The van der Waals surface area contributed by atoms with Crippen LogP contribution in [0.3, 0.4) is 0 Å². The first kappa shape index (κ1) is 13.6. The Morgan fingerprint density at radius 3 is 2.74 bits per heavy atom. The van der Waals surface area contributed by atoms with Crippen molar-refractivity contribution in [3.63, 3.8) is 0 Å². The first-order valence-electron chi connectivity index (χ1n) is 6.08. The molecule has 2 aromatic rings. The van der Waals surface area contributed by atoms with E-state index in [0.29, 0.717) is 5.82 Å². The van der Waals surface area contributed by atoms with Crippen LogP contribution in [0.2, 0.25) is 0 Å². The summed E-state index contributed by atoms with van der Waals surface area (Å²) in [6.45, 7) is 2.95. The molecule has 0 aliphatic carbocycles. The molecule has 0 atom stereocenters. The molecule has 1 heterocycles. The van der Waals surface area contributed by atoms with Crippen molar-refractivity contribution in [1.82, 2.24) is 9.97 Å². The van der Waals surface area contributed by atoms with E-state index in [-0.39, 0.29) is 5.95 Å². The Bertz CT molecular complexity index is 558. The van der Waals surface area contributed by atoms with Crippen LogP contribution in [0.4, 0.5) is 23.3 Å². The minimum atomic E-state index is 0.249. The van der Waals surface area contributed by atoms with Crippen LogP contribution in [0.25, 0.3) is 0 Å². The topological polar surface area (TPSA) is 75.9 Å². The third kappa shape index (κ3) is 4.10. The van der Waals surface area contributed by atoms with Gasteiger partial charge < -0.3 is 16.4 Å². The lowest BCUT2D eigenvalue weighted by atomic mass is 10.3. The number of hydrogen-bond acceptors (Lipinski definition) is 5. The zero-order valence-electron chi connectivity index (χ0n) is 10.7. The van der Waals surface area contributed by atoms with Crippen molar-refractivity contribution >= 4 is 39.2 Å². The van der Waals surface area contributed by atoms with Crippen molar-refractivity contribution in [2.45, 2.75) is 13.3 Å². The van der Waals surface area contributed by atoms with Gasteiger partial charge in [0.25, 0.3) is 0 Å². The fourth-order valence-corrected chi connectivity index (χ4v) is 1.99. The quantitative estimate of drug-likeness (QED) is 0.787. The molecular weight excluding hydrogens is 306 g/mol. The predicted octanol–water partition coefficient (Wildman–Crippen LogP) is 3.39. The normalized spacial score (nSPS) is 10.2. The van der Waals surface area contributed by atoms with Crippen LogP contribution in [0.5, 0.6) is 0 Å². The second kappa shape index (κ2) is 6.38. The molecule has 0 unspecified atom stereocenters. The van der Waals surface area contributed by atoms with E-state index in [1.807, 2.05) is 30.3 Å². The van der Waals surface area contributed by atoms with Crippen LogP contribution in [-0.4, -0.2) is 16.5 Å². The molecule has 0 saturated carbocycles. The van der Waals surface area contributed by atoms with Crippen molar-refractivity contribution in [2.75, 3.05) is 22.9 Å². The maximum Gasteiger partial charge on any atom is 0.223 e. The minimum Gasteiger partial charge on any atom is -0.370 e. The van der Waals surface area contributed by atoms with E-state index in [9.17, 15) is 0 Å². The van der Waals surface area contributed by atoms with Crippen LogP contribution >= 0.6 is 15.9 Å². The smallest absolute Gasteiger partial charge is 0.223 e. The number of anilines is 4. The molecule has 0 aliphatic rings. The molecule has 100 valence electrons. The molecule has 0 spiro atoms. The Labute approximate surface area is 120 Å². The number of aromatic nitrogens is 2. The van der Waals surface area contributed by atoms with Crippen LogP contribution < -0.4 is 16.4 Å². The molecule has 0 amide bonds. The van der Waals surface area contributed by atoms with Gasteiger partial charge in [-0.2, -0.15) is 9.97 Å². The average Bonchev–Trinajstić information content (AvgIpc) is 2.35. The zero-order chi connectivity index (χ0) is 13.7. The van der Waals surface area contributed by atoms with E-state index in [4.69, 9.17) is 5.73 Å². The van der Waals surface area contributed by atoms with Crippen LogP contribution in [0.15, 0.2) is 34.8 Å². The number of nitrogens with one attached hydrogen (secondary N) is 2. The van der Waals surface area contributed by atoms with Gasteiger partial charge in [0, 0.05) is 22.8 Å². The molecule has 19 heavy (non-hydrogen) atoms. The first-order chi connectivity index (χ1) is 9.17. The third-order valence-electron chi connectivity index (χ3n) is 2.40. The lowest BCUT2D eigenvalue weighted by Crippen LogP contribution is -2.06. The van der Waals surface area contributed by atoms with Gasteiger partial charge in [-0.25, -0.2) is 0 Å². The fraction of sp³-hybridized carbons (Fsp3) is 0.231. The predicted molar refractivity (Wildman–Crippen MR) is 82.6 cm³/mol. The van der Waals surface area contributed by atoms with Gasteiger partial charge in [0.05, 0.1) is 0 Å². The largest absolute Gasteiger partial charge is 0.370 e. The third-order valence-corrected chi connectivity index (χ3v) is 2.89. The van der Waals surface area contributed by atoms with Crippen molar-refractivity contribution in [3.05, 3.63) is 34.8 Å². The van der Waals surface area contributed by atoms with Crippen LogP contribution in [0, 0.1) is 0 Å². The molecule has 2 rings (SSSR count). The second-order valence-electron chi connectivity index (χ2n) is 4.06. The Kier molecular flexibility index (Phi) is 4.57. The number of nitrogen functional groups attached to an aromatic ring is 1. The summed E-state index contributed by atoms with van der Waals surface area (Å²) in [5.74, 6) is 1.65. The minimum absolute atomic E-state index is 0.249. The highest BCUT2D eigenvalue weighted by molar-refractivity contribution is 9.10. The summed E-state index contributed by atoms with van der Waals surface area (Å²) in [6.07, 6.45) is 1.03. The van der Waals surface area contributed by atoms with E-state index in [0.717, 1.165) is 28.9 Å². The molecule has 1 aromatic heterocycles. The van der Waals surface area contributed by atoms with Gasteiger partial charge in [-0.1, -0.05) is 28.9 Å². The monoisotopic (exact) mass is 321 g/mol. The summed E-state index contributed by atoms with van der Waals surface area (Å²) in [6, 6.07) is 9.69. The molecule has 0 fully saturated rings. The molecule has 0 radical (unpaired) electrons. The van der Waals surface area contributed by atoms with Crippen molar-refractivity contribution < 1.29 is 0 Å². The van der Waals surface area contributed by atoms with Gasteiger partial charge in [-0.3, -0.25) is 0 Å². The molecule has 1 aromatic carbocycles. The number of halogens is 1. The average molecular weight is 322 g/mol. The Morgan fingerprint density at radius 2 is 2.00 bits per heavy atom. The highest BCUT2D eigenvalue weighted by Gasteiger charge is 2.02. The highest BCUT2D eigenvalue weighted by atomic mass is 79.9. The van der Waals surface area contributed by atoms with E-state index in [1.165, 1.54) is 0 Å². The standard InChI is InChI=1S/C13H16BrN5/c1-2-6-16-11-8-12(19-13(15)18-11)17-10-5-3-4-9(14)7-10/h3-5,7-8H,2,6H2,1H3,(H4,15,16,17,18,19). The maximum absolute atomic E-state index is 5.70. The molecule has 4 N–H and O–H groups in total. The Morgan fingerprint density at radius 1 is 1.21 bits per heavy atom. The number of nitrogens with zero attached hydrogens (tertiary/aromatic N) is 2. The van der Waals surface area contributed by atoms with Gasteiger partial charge in [0.1, 0.15) is 11.6 Å². The van der Waals surface area contributed by atoms with Gasteiger partial charge in [-0.05, 0) is 24.6 Å². The first-order valence-corrected chi connectivity index (χ1v) is 6.87. The lowest BCUT2D eigenvalue weighted by Gasteiger charge is -2.09. The molecule has 0 bridgehead atoms. The van der Waals surface area contributed by atoms with Crippen LogP contribution in [-0.2, 0) is 0 Å². The number of nitrogens with two attached hydrogens (primary N) is 1. The molecule has 0 saturated heterocycles. The fourth-order valence-electron chi connectivity index (χ4n) is 1.59. The maximum atomic E-state index is 5.70. The van der Waals surface area contributed by atoms with Gasteiger partial charge in [0.15, 0.2) is 0 Å². The molecule has 6 heteroatoms. The molecular formula is C13H16BrN5. The van der Waals surface area contributed by atoms with Crippen LogP contribution in [0.1, 0.15) is 13.3 Å². The number of rotatable bonds is 5. The lowest BCUT2D eigenvalue weighted by molar-refractivity contribution is 0.967. The van der Waals surface area contributed by atoms with E-state index >= 15 is 0 Å². The van der Waals surface area contributed by atoms with Crippen molar-refractivity contribution in [1.29, 1.82) is 0 Å². The Balaban J connectivity index is 2.17. The molecule has 5 nitrogen and oxygen atoms in total. The molecule has 0 aliphatic heterocycles. The Hall–Kier alpha value is -1.82.